The Bertz CT molecular complexity index is 1100. The lowest BCUT2D eigenvalue weighted by molar-refractivity contribution is -0.133. The topological polar surface area (TPSA) is 79.4 Å². The molecule has 1 amide bonds. The molecule has 3 aliphatic heterocycles. The van der Waals surface area contributed by atoms with E-state index in [9.17, 15) is 13.2 Å². The zero-order valence-electron chi connectivity index (χ0n) is 18.6. The third kappa shape index (κ3) is 4.58. The van der Waals surface area contributed by atoms with E-state index in [0.717, 1.165) is 36.4 Å². The first-order chi connectivity index (χ1) is 16.0. The Morgan fingerprint density at radius 1 is 0.909 bits per heavy atom. The summed E-state index contributed by atoms with van der Waals surface area (Å²) < 4.78 is 38.5. The van der Waals surface area contributed by atoms with Gasteiger partial charge < -0.3 is 14.4 Å². The molecule has 2 aromatic rings. The van der Waals surface area contributed by atoms with E-state index in [1.54, 1.807) is 30.3 Å². The Morgan fingerprint density at radius 3 is 2.39 bits per heavy atom. The van der Waals surface area contributed by atoms with Crippen LogP contribution in [0.25, 0.3) is 0 Å². The SMILES string of the molecule is O=C(CN1CCN(S(=O)(=O)c2ccccc2)CC1)N1CCCC1c1ccc2c(c1)OCCO2. The number of rotatable bonds is 5. The zero-order chi connectivity index (χ0) is 22.8. The van der Waals surface area contributed by atoms with E-state index in [2.05, 4.69) is 4.90 Å². The maximum Gasteiger partial charge on any atom is 0.243 e. The molecule has 0 aliphatic carbocycles. The highest BCUT2D eigenvalue weighted by atomic mass is 32.2. The highest BCUT2D eigenvalue weighted by molar-refractivity contribution is 7.89. The quantitative estimate of drug-likeness (QED) is 0.665. The zero-order valence-corrected chi connectivity index (χ0v) is 19.4. The third-order valence-corrected chi connectivity index (χ3v) is 8.51. The monoisotopic (exact) mass is 471 g/mol. The van der Waals surface area contributed by atoms with Gasteiger partial charge in [-0.2, -0.15) is 4.31 Å². The minimum absolute atomic E-state index is 0.0353. The van der Waals surface area contributed by atoms with Crippen LogP contribution in [-0.4, -0.2) is 80.9 Å². The molecule has 0 saturated carbocycles. The van der Waals surface area contributed by atoms with Crippen molar-refractivity contribution in [3.8, 4) is 11.5 Å². The number of sulfonamides is 1. The van der Waals surface area contributed by atoms with Gasteiger partial charge in [0.15, 0.2) is 11.5 Å². The molecular formula is C24H29N3O5S. The molecule has 2 saturated heterocycles. The molecule has 1 atom stereocenters. The molecule has 2 fully saturated rings. The average molecular weight is 472 g/mol. The van der Waals surface area contributed by atoms with E-state index in [-0.39, 0.29) is 11.9 Å². The summed E-state index contributed by atoms with van der Waals surface area (Å²) in [7, 11) is -3.49. The summed E-state index contributed by atoms with van der Waals surface area (Å²) in [6, 6.07) is 14.5. The Labute approximate surface area is 194 Å². The number of benzene rings is 2. The maximum absolute atomic E-state index is 13.2. The van der Waals surface area contributed by atoms with Crippen LogP contribution >= 0.6 is 0 Å². The molecule has 3 aliphatic rings. The van der Waals surface area contributed by atoms with E-state index in [1.807, 2.05) is 23.1 Å². The maximum atomic E-state index is 13.2. The summed E-state index contributed by atoms with van der Waals surface area (Å²) in [5, 5.41) is 0. The van der Waals surface area contributed by atoms with Gasteiger partial charge in [-0.25, -0.2) is 8.42 Å². The molecule has 0 spiro atoms. The number of fused-ring (bicyclic) bond motifs is 1. The van der Waals surface area contributed by atoms with E-state index in [0.29, 0.717) is 50.8 Å². The van der Waals surface area contributed by atoms with Gasteiger partial charge in [0.05, 0.1) is 17.5 Å². The second kappa shape index (κ2) is 9.32. The van der Waals surface area contributed by atoms with E-state index in [1.165, 1.54) is 4.31 Å². The van der Waals surface area contributed by atoms with Gasteiger partial charge in [-0.15, -0.1) is 0 Å². The highest BCUT2D eigenvalue weighted by Gasteiger charge is 2.33. The van der Waals surface area contributed by atoms with Crippen LogP contribution in [0.5, 0.6) is 11.5 Å². The number of carbonyl (C=O) groups excluding carboxylic acids is 1. The predicted octanol–water partition coefficient (Wildman–Crippen LogP) is 2.13. The Kier molecular flexibility index (Phi) is 6.27. The minimum Gasteiger partial charge on any atom is -0.486 e. The number of piperazine rings is 1. The highest BCUT2D eigenvalue weighted by Crippen LogP contribution is 2.38. The smallest absolute Gasteiger partial charge is 0.243 e. The molecule has 8 nitrogen and oxygen atoms in total. The van der Waals surface area contributed by atoms with Crippen molar-refractivity contribution in [2.75, 3.05) is 52.5 Å². The lowest BCUT2D eigenvalue weighted by Gasteiger charge is -2.35. The van der Waals surface area contributed by atoms with Crippen molar-refractivity contribution in [3.63, 3.8) is 0 Å². The fraction of sp³-hybridized carbons (Fsp3) is 0.458. The summed E-state index contributed by atoms with van der Waals surface area (Å²) >= 11 is 0. The largest absolute Gasteiger partial charge is 0.486 e. The summed E-state index contributed by atoms with van der Waals surface area (Å²) in [6.45, 7) is 3.99. The molecular weight excluding hydrogens is 442 g/mol. The predicted molar refractivity (Wildman–Crippen MR) is 123 cm³/mol. The first kappa shape index (κ1) is 22.2. The van der Waals surface area contributed by atoms with Crippen LogP contribution in [0.4, 0.5) is 0 Å². The molecule has 176 valence electrons. The molecule has 33 heavy (non-hydrogen) atoms. The summed E-state index contributed by atoms with van der Waals surface area (Å²) in [4.78, 5) is 17.5. The minimum atomic E-state index is -3.49. The van der Waals surface area contributed by atoms with Crippen LogP contribution in [0.2, 0.25) is 0 Å². The van der Waals surface area contributed by atoms with Crippen LogP contribution in [0.3, 0.4) is 0 Å². The fourth-order valence-electron chi connectivity index (χ4n) is 4.83. The first-order valence-electron chi connectivity index (χ1n) is 11.5. The molecule has 5 rings (SSSR count). The van der Waals surface area contributed by atoms with E-state index < -0.39 is 10.0 Å². The summed E-state index contributed by atoms with van der Waals surface area (Å²) in [5.74, 6) is 1.59. The molecule has 1 unspecified atom stereocenters. The lowest BCUT2D eigenvalue weighted by Crippen LogP contribution is -2.51. The Balaban J connectivity index is 1.20. The number of amides is 1. The molecule has 0 radical (unpaired) electrons. The van der Waals surface area contributed by atoms with Crippen molar-refractivity contribution in [3.05, 3.63) is 54.1 Å². The van der Waals surface area contributed by atoms with Crippen molar-refractivity contribution in [1.82, 2.24) is 14.1 Å². The van der Waals surface area contributed by atoms with Crippen molar-refractivity contribution in [1.29, 1.82) is 0 Å². The molecule has 0 bridgehead atoms. The van der Waals surface area contributed by atoms with Crippen molar-refractivity contribution < 1.29 is 22.7 Å². The van der Waals surface area contributed by atoms with Gasteiger partial charge in [0.1, 0.15) is 13.2 Å². The standard InChI is InChI=1S/C24H29N3O5S/c28-24(18-25-11-13-26(14-12-25)33(29,30)20-5-2-1-3-6-20)27-10-4-7-21(27)19-8-9-22-23(17-19)32-16-15-31-22/h1-3,5-6,8-9,17,21H,4,7,10-16,18H2. The summed E-state index contributed by atoms with van der Waals surface area (Å²) in [5.41, 5.74) is 1.07. The molecule has 2 aromatic carbocycles. The van der Waals surface area contributed by atoms with Crippen LogP contribution in [0.1, 0.15) is 24.4 Å². The van der Waals surface area contributed by atoms with Gasteiger partial charge in [0, 0.05) is 32.7 Å². The van der Waals surface area contributed by atoms with Gasteiger partial charge in [0.25, 0.3) is 0 Å². The molecule has 3 heterocycles. The van der Waals surface area contributed by atoms with Crippen molar-refractivity contribution in [2.45, 2.75) is 23.8 Å². The van der Waals surface area contributed by atoms with Crippen molar-refractivity contribution in [2.24, 2.45) is 0 Å². The van der Waals surface area contributed by atoms with Crippen LogP contribution in [0.15, 0.2) is 53.4 Å². The lowest BCUT2D eigenvalue weighted by atomic mass is 10.0. The second-order valence-corrected chi connectivity index (χ2v) is 10.6. The van der Waals surface area contributed by atoms with Gasteiger partial charge >= 0.3 is 0 Å². The number of hydrogen-bond donors (Lipinski definition) is 0. The molecule has 9 heteroatoms. The fourth-order valence-corrected chi connectivity index (χ4v) is 6.27. The number of nitrogens with zero attached hydrogens (tertiary/aromatic N) is 3. The Hall–Kier alpha value is -2.62. The first-order valence-corrected chi connectivity index (χ1v) is 12.9. The van der Waals surface area contributed by atoms with Gasteiger partial charge in [-0.3, -0.25) is 9.69 Å². The number of likely N-dealkylation sites (tertiary alicyclic amines) is 1. The van der Waals surface area contributed by atoms with Gasteiger partial charge in [0.2, 0.25) is 15.9 Å². The number of carbonyl (C=O) groups is 1. The van der Waals surface area contributed by atoms with Crippen LogP contribution in [-0.2, 0) is 14.8 Å². The Morgan fingerprint density at radius 2 is 1.64 bits per heavy atom. The summed E-state index contributed by atoms with van der Waals surface area (Å²) in [6.07, 6.45) is 1.89. The molecule has 0 aromatic heterocycles. The van der Waals surface area contributed by atoms with Gasteiger partial charge in [-0.05, 0) is 42.7 Å². The van der Waals surface area contributed by atoms with Crippen molar-refractivity contribution >= 4 is 15.9 Å². The van der Waals surface area contributed by atoms with Crippen LogP contribution in [0, 0.1) is 0 Å². The van der Waals surface area contributed by atoms with Gasteiger partial charge in [-0.1, -0.05) is 24.3 Å². The van der Waals surface area contributed by atoms with E-state index >= 15 is 0 Å². The molecule has 0 N–H and O–H groups in total. The normalized spacial score (nSPS) is 21.8. The van der Waals surface area contributed by atoms with E-state index in [4.69, 9.17) is 9.47 Å². The van der Waals surface area contributed by atoms with Crippen LogP contribution < -0.4 is 9.47 Å². The average Bonchev–Trinajstić information content (AvgIpc) is 3.35. The number of ether oxygens (including phenoxy) is 2. The second-order valence-electron chi connectivity index (χ2n) is 8.64. The number of hydrogen-bond acceptors (Lipinski definition) is 6. The third-order valence-electron chi connectivity index (χ3n) is 6.60.